The summed E-state index contributed by atoms with van der Waals surface area (Å²) in [4.78, 5) is 4.30. The quantitative estimate of drug-likeness (QED) is 0.502. The summed E-state index contributed by atoms with van der Waals surface area (Å²) in [6.07, 6.45) is 8.12. The molecule has 1 heteroatoms. The van der Waals surface area contributed by atoms with E-state index in [-0.39, 0.29) is 0 Å². The van der Waals surface area contributed by atoms with Crippen LogP contribution >= 0.6 is 0 Å². The third-order valence-electron chi connectivity index (χ3n) is 2.34. The highest BCUT2D eigenvalue weighted by Gasteiger charge is 2.11. The Morgan fingerprint density at radius 3 is 2.73 bits per heavy atom. The summed E-state index contributed by atoms with van der Waals surface area (Å²) in [5, 5.41) is 0. The molecule has 0 spiro atoms. The first kappa shape index (κ1) is 8.25. The molecule has 2 atom stereocenters. The van der Waals surface area contributed by atoms with E-state index in [2.05, 4.69) is 37.9 Å². The average molecular weight is 149 g/mol. The Morgan fingerprint density at radius 2 is 2.00 bits per heavy atom. The van der Waals surface area contributed by atoms with Crippen molar-refractivity contribution in [2.24, 2.45) is 16.8 Å². The number of allylic oxidation sites excluding steroid dienone is 3. The molecule has 1 aliphatic rings. The fraction of sp³-hybridized carbons (Fsp3) is 0.500. The zero-order chi connectivity index (χ0) is 8.27. The molecule has 60 valence electrons. The third kappa shape index (κ3) is 2.04. The minimum Gasteiger partial charge on any atom is -0.266 e. The normalized spacial score (nSPS) is 41.5. The number of hydrogen-bond donors (Lipinski definition) is 0. The number of rotatable bonds is 0. The maximum Gasteiger partial charge on any atom is 0.0267 e. The molecule has 1 nitrogen and oxygen atoms in total. The van der Waals surface area contributed by atoms with E-state index in [0.717, 1.165) is 0 Å². The first-order chi connectivity index (χ1) is 5.22. The van der Waals surface area contributed by atoms with E-state index in [9.17, 15) is 0 Å². The molecule has 0 aromatic heterocycles. The molecule has 0 saturated heterocycles. The van der Waals surface area contributed by atoms with Crippen molar-refractivity contribution < 1.29 is 0 Å². The molecular formula is C10H15N. The number of aliphatic imine (C=N–C) groups is 1. The monoisotopic (exact) mass is 149 g/mol. The van der Waals surface area contributed by atoms with E-state index in [4.69, 9.17) is 0 Å². The van der Waals surface area contributed by atoms with Crippen LogP contribution in [0.1, 0.15) is 20.8 Å². The van der Waals surface area contributed by atoms with Gasteiger partial charge in [0.2, 0.25) is 0 Å². The molecule has 1 aliphatic heterocycles. The maximum absolute atomic E-state index is 4.30. The summed E-state index contributed by atoms with van der Waals surface area (Å²) in [5.41, 5.74) is 1.22. The highest BCUT2D eigenvalue weighted by molar-refractivity contribution is 5.85. The highest BCUT2D eigenvalue weighted by atomic mass is 14.7. The lowest BCUT2D eigenvalue weighted by Crippen LogP contribution is -2.14. The highest BCUT2D eigenvalue weighted by Crippen LogP contribution is 2.15. The summed E-state index contributed by atoms with van der Waals surface area (Å²) in [6, 6.07) is 0. The molecule has 1 heterocycles. The molecule has 0 saturated carbocycles. The van der Waals surface area contributed by atoms with Gasteiger partial charge in [-0.05, 0) is 18.9 Å². The summed E-state index contributed by atoms with van der Waals surface area (Å²) in [7, 11) is 0. The van der Waals surface area contributed by atoms with E-state index >= 15 is 0 Å². The van der Waals surface area contributed by atoms with Gasteiger partial charge in [-0.2, -0.15) is 0 Å². The topological polar surface area (TPSA) is 12.4 Å². The van der Waals surface area contributed by atoms with Crippen molar-refractivity contribution in [3.63, 3.8) is 0 Å². The van der Waals surface area contributed by atoms with E-state index in [1.54, 1.807) is 0 Å². The second kappa shape index (κ2) is 3.51. The van der Waals surface area contributed by atoms with Crippen molar-refractivity contribution in [2.45, 2.75) is 20.8 Å². The fourth-order valence-electron chi connectivity index (χ4n) is 1.11. The van der Waals surface area contributed by atoms with E-state index in [0.29, 0.717) is 11.8 Å². The zero-order valence-electron chi connectivity index (χ0n) is 7.41. The van der Waals surface area contributed by atoms with Crippen molar-refractivity contribution in [1.29, 1.82) is 0 Å². The molecule has 1 rings (SSSR count). The maximum atomic E-state index is 4.30. The van der Waals surface area contributed by atoms with Crippen LogP contribution in [0.15, 0.2) is 29.4 Å². The van der Waals surface area contributed by atoms with Gasteiger partial charge in [0.15, 0.2) is 0 Å². The van der Waals surface area contributed by atoms with Crippen LogP contribution in [0.5, 0.6) is 0 Å². The molecule has 0 aromatic rings. The third-order valence-corrected chi connectivity index (χ3v) is 2.34. The average Bonchev–Trinajstić information content (AvgIpc) is 2.00. The zero-order valence-corrected chi connectivity index (χ0v) is 7.41. The Labute approximate surface area is 68.5 Å². The second-order valence-corrected chi connectivity index (χ2v) is 3.14. The van der Waals surface area contributed by atoms with Crippen molar-refractivity contribution in [2.75, 3.05) is 0 Å². The van der Waals surface area contributed by atoms with Crippen LogP contribution in [-0.4, -0.2) is 5.71 Å². The minimum atomic E-state index is 0.566. The van der Waals surface area contributed by atoms with Crippen molar-refractivity contribution in [1.82, 2.24) is 0 Å². The van der Waals surface area contributed by atoms with Gasteiger partial charge in [-0.1, -0.05) is 26.0 Å². The molecule has 0 fully saturated rings. The largest absolute Gasteiger partial charge is 0.266 e. The Morgan fingerprint density at radius 1 is 1.27 bits per heavy atom. The molecule has 0 N–H and O–H groups in total. The molecule has 0 bridgehead atoms. The van der Waals surface area contributed by atoms with Gasteiger partial charge in [0.1, 0.15) is 0 Å². The van der Waals surface area contributed by atoms with Gasteiger partial charge >= 0.3 is 0 Å². The van der Waals surface area contributed by atoms with Gasteiger partial charge in [-0.3, -0.25) is 4.99 Å². The van der Waals surface area contributed by atoms with Crippen molar-refractivity contribution in [3.8, 4) is 0 Å². The number of hydrogen-bond acceptors (Lipinski definition) is 1. The SMILES string of the molecule is C/C1=N/C=C\C=C\C(C)C1C. The van der Waals surface area contributed by atoms with Gasteiger partial charge < -0.3 is 0 Å². The van der Waals surface area contributed by atoms with Crippen molar-refractivity contribution in [3.05, 3.63) is 24.4 Å². The standard InChI is InChI=1S/C10H15N/c1-8-6-4-5-7-11-10(3)9(8)2/h4-9H,1-3H3/b6-4+,7-5-,11-10-. The molecule has 0 aliphatic carbocycles. The summed E-state index contributed by atoms with van der Waals surface area (Å²) < 4.78 is 0. The van der Waals surface area contributed by atoms with Crippen LogP contribution in [0.2, 0.25) is 0 Å². The van der Waals surface area contributed by atoms with Gasteiger partial charge in [0.25, 0.3) is 0 Å². The summed E-state index contributed by atoms with van der Waals surface area (Å²) in [5.74, 6) is 1.17. The molecular weight excluding hydrogens is 134 g/mol. The van der Waals surface area contributed by atoms with Crippen molar-refractivity contribution >= 4 is 5.71 Å². The Bertz CT molecular complexity index is 211. The van der Waals surface area contributed by atoms with Crippen LogP contribution in [0.25, 0.3) is 0 Å². The Kier molecular flexibility index (Phi) is 2.64. The molecule has 2 unspecified atom stereocenters. The lowest BCUT2D eigenvalue weighted by molar-refractivity contribution is 0.587. The van der Waals surface area contributed by atoms with Crippen LogP contribution < -0.4 is 0 Å². The van der Waals surface area contributed by atoms with E-state index in [1.165, 1.54) is 5.71 Å². The Balaban J connectivity index is 2.85. The predicted molar refractivity (Wildman–Crippen MR) is 49.7 cm³/mol. The predicted octanol–water partition coefficient (Wildman–Crippen LogP) is 2.80. The molecule has 0 radical (unpaired) electrons. The lowest BCUT2D eigenvalue weighted by atomic mass is 9.91. The number of nitrogens with zero attached hydrogens (tertiary/aromatic N) is 1. The Hall–Kier alpha value is -0.850. The molecule has 0 aromatic carbocycles. The van der Waals surface area contributed by atoms with Gasteiger partial charge in [-0.15, -0.1) is 0 Å². The minimum absolute atomic E-state index is 0.566. The van der Waals surface area contributed by atoms with Crippen LogP contribution in [0, 0.1) is 11.8 Å². The summed E-state index contributed by atoms with van der Waals surface area (Å²) in [6.45, 7) is 6.52. The van der Waals surface area contributed by atoms with Gasteiger partial charge in [0, 0.05) is 17.8 Å². The first-order valence-corrected chi connectivity index (χ1v) is 4.09. The second-order valence-electron chi connectivity index (χ2n) is 3.14. The lowest BCUT2D eigenvalue weighted by Gasteiger charge is -2.16. The van der Waals surface area contributed by atoms with E-state index < -0.39 is 0 Å². The molecule has 0 amide bonds. The van der Waals surface area contributed by atoms with Crippen LogP contribution in [0.4, 0.5) is 0 Å². The van der Waals surface area contributed by atoms with Crippen LogP contribution in [0.3, 0.4) is 0 Å². The summed E-state index contributed by atoms with van der Waals surface area (Å²) >= 11 is 0. The van der Waals surface area contributed by atoms with Crippen LogP contribution in [-0.2, 0) is 0 Å². The first-order valence-electron chi connectivity index (χ1n) is 4.09. The van der Waals surface area contributed by atoms with Gasteiger partial charge in [-0.25, -0.2) is 0 Å². The van der Waals surface area contributed by atoms with E-state index in [1.807, 2.05) is 12.3 Å². The molecule has 11 heavy (non-hydrogen) atoms. The van der Waals surface area contributed by atoms with Gasteiger partial charge in [0.05, 0.1) is 0 Å². The fourth-order valence-corrected chi connectivity index (χ4v) is 1.11. The smallest absolute Gasteiger partial charge is 0.0267 e.